The van der Waals surface area contributed by atoms with E-state index in [1.807, 2.05) is 38.1 Å². The number of thiazole rings is 1. The lowest BCUT2D eigenvalue weighted by Crippen LogP contribution is -2.15. The number of aromatic nitrogens is 2. The first-order chi connectivity index (χ1) is 8.58. The van der Waals surface area contributed by atoms with E-state index in [0.717, 1.165) is 22.2 Å². The van der Waals surface area contributed by atoms with Crippen LogP contribution in [0.4, 0.5) is 11.5 Å². The predicted molar refractivity (Wildman–Crippen MR) is 77.5 cm³/mol. The number of pyridine rings is 1. The van der Waals surface area contributed by atoms with Gasteiger partial charge in [-0.1, -0.05) is 0 Å². The summed E-state index contributed by atoms with van der Waals surface area (Å²) in [7, 11) is 3.98. The average Bonchev–Trinajstić information content (AvgIpc) is 2.76. The number of nitrogens with zero attached hydrogens (tertiary/aromatic N) is 3. The van der Waals surface area contributed by atoms with E-state index < -0.39 is 0 Å². The van der Waals surface area contributed by atoms with Crippen LogP contribution in [0.1, 0.15) is 23.7 Å². The van der Waals surface area contributed by atoms with Gasteiger partial charge in [-0.05, 0) is 26.0 Å². The minimum atomic E-state index is 0.179. The summed E-state index contributed by atoms with van der Waals surface area (Å²) in [4.78, 5) is 10.9. The second kappa shape index (κ2) is 5.35. The molecule has 18 heavy (non-hydrogen) atoms. The maximum Gasteiger partial charge on any atom is 0.151 e. The van der Waals surface area contributed by atoms with Crippen molar-refractivity contribution in [2.45, 2.75) is 19.9 Å². The van der Waals surface area contributed by atoms with E-state index in [0.29, 0.717) is 0 Å². The third-order valence-electron chi connectivity index (χ3n) is 2.66. The quantitative estimate of drug-likeness (QED) is 0.919. The van der Waals surface area contributed by atoms with Gasteiger partial charge in [0.05, 0.1) is 22.4 Å². The molecule has 2 aromatic rings. The number of rotatable bonds is 4. The predicted octanol–water partition coefficient (Wildman–Crippen LogP) is 3.09. The Kier molecular flexibility index (Phi) is 3.81. The Hall–Kier alpha value is -1.62. The summed E-state index contributed by atoms with van der Waals surface area (Å²) in [5.74, 6) is 0.941. The Morgan fingerprint density at radius 2 is 2.17 bits per heavy atom. The van der Waals surface area contributed by atoms with E-state index in [9.17, 15) is 0 Å². The molecule has 1 unspecified atom stereocenters. The van der Waals surface area contributed by atoms with Crippen LogP contribution in [-0.2, 0) is 0 Å². The zero-order chi connectivity index (χ0) is 13.1. The van der Waals surface area contributed by atoms with Crippen LogP contribution in [-0.4, -0.2) is 24.1 Å². The van der Waals surface area contributed by atoms with Crippen LogP contribution in [0.15, 0.2) is 23.7 Å². The van der Waals surface area contributed by atoms with Crippen LogP contribution < -0.4 is 10.2 Å². The van der Waals surface area contributed by atoms with E-state index in [4.69, 9.17) is 0 Å². The maximum absolute atomic E-state index is 4.50. The molecule has 4 nitrogen and oxygen atoms in total. The van der Waals surface area contributed by atoms with Gasteiger partial charge in [0.2, 0.25) is 0 Å². The molecule has 0 aliphatic heterocycles. The van der Waals surface area contributed by atoms with E-state index in [1.165, 1.54) is 0 Å². The third kappa shape index (κ3) is 2.79. The van der Waals surface area contributed by atoms with Crippen LogP contribution in [0, 0.1) is 6.92 Å². The lowest BCUT2D eigenvalue weighted by atomic mass is 10.2. The van der Waals surface area contributed by atoms with Gasteiger partial charge in [-0.25, -0.2) is 9.97 Å². The van der Waals surface area contributed by atoms with Crippen LogP contribution in [0.5, 0.6) is 0 Å². The molecule has 1 atom stereocenters. The highest BCUT2D eigenvalue weighted by molar-refractivity contribution is 7.09. The van der Waals surface area contributed by atoms with Crippen LogP contribution in [0.3, 0.4) is 0 Å². The number of hydrogen-bond donors (Lipinski definition) is 1. The molecule has 0 fully saturated rings. The molecule has 0 aliphatic rings. The number of aryl methyl sites for hydroxylation is 1. The second-order valence-electron chi connectivity index (χ2n) is 4.43. The van der Waals surface area contributed by atoms with E-state index in [-0.39, 0.29) is 6.04 Å². The fraction of sp³-hybridized carbons (Fsp3) is 0.385. The van der Waals surface area contributed by atoms with Gasteiger partial charge >= 0.3 is 0 Å². The van der Waals surface area contributed by atoms with Gasteiger partial charge in [-0.3, -0.25) is 0 Å². The summed E-state index contributed by atoms with van der Waals surface area (Å²) in [6.07, 6.45) is 1.80. The van der Waals surface area contributed by atoms with Gasteiger partial charge in [-0.2, -0.15) is 0 Å². The van der Waals surface area contributed by atoms with Gasteiger partial charge in [0.15, 0.2) is 5.82 Å². The zero-order valence-corrected chi connectivity index (χ0v) is 12.0. The summed E-state index contributed by atoms with van der Waals surface area (Å²) in [5.41, 5.74) is 2.10. The molecule has 96 valence electrons. The van der Waals surface area contributed by atoms with Crippen LogP contribution >= 0.6 is 11.3 Å². The van der Waals surface area contributed by atoms with Crippen molar-refractivity contribution in [1.29, 1.82) is 0 Å². The van der Waals surface area contributed by atoms with Gasteiger partial charge in [-0.15, -0.1) is 11.3 Å². The van der Waals surface area contributed by atoms with Crippen molar-refractivity contribution in [2.24, 2.45) is 0 Å². The summed E-state index contributed by atoms with van der Waals surface area (Å²) >= 11 is 1.68. The van der Waals surface area contributed by atoms with Crippen LogP contribution in [0.25, 0.3) is 0 Å². The number of anilines is 2. The Balaban J connectivity index is 2.19. The second-order valence-corrected chi connectivity index (χ2v) is 5.49. The topological polar surface area (TPSA) is 41.1 Å². The smallest absolute Gasteiger partial charge is 0.151 e. The molecule has 0 saturated carbocycles. The van der Waals surface area contributed by atoms with E-state index >= 15 is 0 Å². The van der Waals surface area contributed by atoms with Gasteiger partial charge in [0.25, 0.3) is 0 Å². The summed E-state index contributed by atoms with van der Waals surface area (Å²) in [6.45, 7) is 4.14. The minimum absolute atomic E-state index is 0.179. The molecule has 2 rings (SSSR count). The monoisotopic (exact) mass is 262 g/mol. The molecule has 0 saturated heterocycles. The van der Waals surface area contributed by atoms with Crippen molar-refractivity contribution in [1.82, 2.24) is 9.97 Å². The molecule has 0 amide bonds. The highest BCUT2D eigenvalue weighted by atomic mass is 32.1. The van der Waals surface area contributed by atoms with E-state index in [1.54, 1.807) is 17.5 Å². The first-order valence-corrected chi connectivity index (χ1v) is 6.77. The lowest BCUT2D eigenvalue weighted by molar-refractivity contribution is 0.842. The third-order valence-corrected chi connectivity index (χ3v) is 3.45. The molecule has 0 aromatic carbocycles. The molecule has 0 radical (unpaired) electrons. The molecule has 0 bridgehead atoms. The molecule has 2 aromatic heterocycles. The Morgan fingerprint density at radius 3 is 2.78 bits per heavy atom. The Bertz CT molecular complexity index is 521. The SMILES string of the molecule is Cc1nc(C(C)Nc2cccnc2N(C)C)cs1. The first-order valence-electron chi connectivity index (χ1n) is 5.89. The van der Waals surface area contributed by atoms with Crippen molar-refractivity contribution in [3.05, 3.63) is 34.4 Å². The molecular formula is C13H18N4S. The molecule has 5 heteroatoms. The van der Waals surface area contributed by atoms with Crippen molar-refractivity contribution in [3.63, 3.8) is 0 Å². The molecule has 0 aliphatic carbocycles. The molecule has 0 spiro atoms. The molecule has 1 N–H and O–H groups in total. The summed E-state index contributed by atoms with van der Waals surface area (Å²) in [6, 6.07) is 4.16. The van der Waals surface area contributed by atoms with Gasteiger partial charge in [0, 0.05) is 25.7 Å². The average molecular weight is 262 g/mol. The van der Waals surface area contributed by atoms with Crippen molar-refractivity contribution < 1.29 is 0 Å². The Labute approximate surface area is 112 Å². The standard InChI is InChI=1S/C13H18N4S/c1-9(12-8-18-10(2)16-12)15-11-6-5-7-14-13(11)17(3)4/h5-9,15H,1-4H3. The van der Waals surface area contributed by atoms with Crippen molar-refractivity contribution in [2.75, 3.05) is 24.3 Å². The fourth-order valence-electron chi connectivity index (χ4n) is 1.75. The number of nitrogens with one attached hydrogen (secondary N) is 1. The van der Waals surface area contributed by atoms with E-state index in [2.05, 4.69) is 27.6 Å². The summed E-state index contributed by atoms with van der Waals surface area (Å²) in [5, 5.41) is 6.65. The van der Waals surface area contributed by atoms with Crippen molar-refractivity contribution in [3.8, 4) is 0 Å². The number of hydrogen-bond acceptors (Lipinski definition) is 5. The zero-order valence-electron chi connectivity index (χ0n) is 11.1. The largest absolute Gasteiger partial charge is 0.374 e. The summed E-state index contributed by atoms with van der Waals surface area (Å²) < 4.78 is 0. The Morgan fingerprint density at radius 1 is 1.39 bits per heavy atom. The first kappa shape index (κ1) is 12.8. The lowest BCUT2D eigenvalue weighted by Gasteiger charge is -2.19. The fourth-order valence-corrected chi connectivity index (χ4v) is 2.46. The normalized spacial score (nSPS) is 12.2. The molecular weight excluding hydrogens is 244 g/mol. The highest BCUT2D eigenvalue weighted by Crippen LogP contribution is 2.26. The molecule has 2 heterocycles. The maximum atomic E-state index is 4.50. The highest BCUT2D eigenvalue weighted by Gasteiger charge is 2.12. The van der Waals surface area contributed by atoms with Crippen molar-refractivity contribution >= 4 is 22.8 Å². The van der Waals surface area contributed by atoms with Gasteiger partial charge < -0.3 is 10.2 Å². The van der Waals surface area contributed by atoms with Crippen LogP contribution in [0.2, 0.25) is 0 Å². The minimum Gasteiger partial charge on any atom is -0.374 e. The van der Waals surface area contributed by atoms with Gasteiger partial charge in [0.1, 0.15) is 0 Å².